The first-order chi connectivity index (χ1) is 6.85. The molecule has 0 aliphatic heterocycles. The molecule has 74 valence electrons. The van der Waals surface area contributed by atoms with E-state index in [9.17, 15) is 0 Å². The van der Waals surface area contributed by atoms with Crippen molar-refractivity contribution in [2.24, 2.45) is 5.84 Å². The summed E-state index contributed by atoms with van der Waals surface area (Å²) < 4.78 is 0. The smallest absolute Gasteiger partial charge is 0.241 e. The van der Waals surface area contributed by atoms with Gasteiger partial charge in [0.25, 0.3) is 0 Å². The molecule has 0 aliphatic carbocycles. The molecule has 2 heterocycles. The summed E-state index contributed by atoms with van der Waals surface area (Å²) in [5, 5.41) is 10.6. The molecule has 2 aromatic rings. The SMILES string of the molecule is CCNc1nc(NN)nc2[nH]ncc12. The van der Waals surface area contributed by atoms with Crippen molar-refractivity contribution in [1.82, 2.24) is 20.2 Å². The van der Waals surface area contributed by atoms with E-state index in [1.165, 1.54) is 0 Å². The zero-order chi connectivity index (χ0) is 9.97. The number of nitrogens with two attached hydrogens (primary N) is 1. The molecular weight excluding hydrogens is 182 g/mol. The number of hydrazine groups is 1. The van der Waals surface area contributed by atoms with Gasteiger partial charge in [-0.05, 0) is 6.92 Å². The highest BCUT2D eigenvalue weighted by Crippen LogP contribution is 2.18. The van der Waals surface area contributed by atoms with Gasteiger partial charge in [-0.1, -0.05) is 0 Å². The zero-order valence-corrected chi connectivity index (χ0v) is 7.70. The lowest BCUT2D eigenvalue weighted by molar-refractivity contribution is 1.07. The summed E-state index contributed by atoms with van der Waals surface area (Å²) in [6.45, 7) is 2.77. The Morgan fingerprint density at radius 1 is 1.50 bits per heavy atom. The number of aromatic nitrogens is 4. The number of anilines is 2. The van der Waals surface area contributed by atoms with Crippen molar-refractivity contribution in [3.63, 3.8) is 0 Å². The van der Waals surface area contributed by atoms with E-state index in [-0.39, 0.29) is 0 Å². The van der Waals surface area contributed by atoms with E-state index in [1.54, 1.807) is 6.20 Å². The molecule has 0 unspecified atom stereocenters. The largest absolute Gasteiger partial charge is 0.370 e. The van der Waals surface area contributed by atoms with Gasteiger partial charge in [0.05, 0.1) is 11.6 Å². The first kappa shape index (κ1) is 8.70. The minimum absolute atomic E-state index is 0.359. The maximum atomic E-state index is 5.24. The molecule has 0 aromatic carbocycles. The van der Waals surface area contributed by atoms with Crippen molar-refractivity contribution in [2.75, 3.05) is 17.3 Å². The monoisotopic (exact) mass is 193 g/mol. The highest BCUT2D eigenvalue weighted by atomic mass is 15.3. The minimum atomic E-state index is 0.359. The third-order valence-corrected chi connectivity index (χ3v) is 1.78. The van der Waals surface area contributed by atoms with E-state index in [2.05, 4.69) is 30.9 Å². The summed E-state index contributed by atoms with van der Waals surface area (Å²) in [5.74, 6) is 6.32. The molecule has 0 radical (unpaired) electrons. The van der Waals surface area contributed by atoms with E-state index in [0.717, 1.165) is 17.7 Å². The summed E-state index contributed by atoms with van der Waals surface area (Å²) in [4.78, 5) is 8.25. The average Bonchev–Trinajstić information content (AvgIpc) is 2.66. The van der Waals surface area contributed by atoms with Crippen molar-refractivity contribution in [3.05, 3.63) is 6.20 Å². The number of aromatic amines is 1. The molecule has 0 fully saturated rings. The zero-order valence-electron chi connectivity index (χ0n) is 7.70. The van der Waals surface area contributed by atoms with E-state index in [0.29, 0.717) is 11.6 Å². The fourth-order valence-electron chi connectivity index (χ4n) is 1.20. The van der Waals surface area contributed by atoms with Crippen LogP contribution in [-0.4, -0.2) is 26.7 Å². The second-order valence-electron chi connectivity index (χ2n) is 2.70. The molecular formula is C7H11N7. The van der Waals surface area contributed by atoms with E-state index < -0.39 is 0 Å². The summed E-state index contributed by atoms with van der Waals surface area (Å²) in [5.41, 5.74) is 3.05. The van der Waals surface area contributed by atoms with Gasteiger partial charge >= 0.3 is 0 Å². The molecule has 0 bridgehead atoms. The predicted octanol–water partition coefficient (Wildman–Crippen LogP) is 0.0703. The van der Waals surface area contributed by atoms with E-state index in [4.69, 9.17) is 5.84 Å². The van der Waals surface area contributed by atoms with Crippen LogP contribution in [-0.2, 0) is 0 Å². The first-order valence-electron chi connectivity index (χ1n) is 4.26. The number of hydrogen-bond donors (Lipinski definition) is 4. The number of H-pyrrole nitrogens is 1. The Labute approximate surface area is 80.1 Å². The molecule has 0 amide bonds. The summed E-state index contributed by atoms with van der Waals surface area (Å²) in [7, 11) is 0. The Hall–Kier alpha value is -1.89. The Morgan fingerprint density at radius 3 is 3.07 bits per heavy atom. The molecule has 0 atom stereocenters. The van der Waals surface area contributed by atoms with Crippen molar-refractivity contribution in [1.29, 1.82) is 0 Å². The van der Waals surface area contributed by atoms with Crippen LogP contribution in [0.5, 0.6) is 0 Å². The van der Waals surface area contributed by atoms with Crippen LogP contribution in [0, 0.1) is 0 Å². The first-order valence-corrected chi connectivity index (χ1v) is 4.26. The molecule has 14 heavy (non-hydrogen) atoms. The molecule has 2 aromatic heterocycles. The van der Waals surface area contributed by atoms with Crippen LogP contribution in [0.15, 0.2) is 6.20 Å². The van der Waals surface area contributed by atoms with Gasteiger partial charge in [-0.2, -0.15) is 15.1 Å². The second-order valence-corrected chi connectivity index (χ2v) is 2.70. The highest BCUT2D eigenvalue weighted by Gasteiger charge is 2.07. The molecule has 2 rings (SSSR count). The van der Waals surface area contributed by atoms with Crippen LogP contribution in [0.2, 0.25) is 0 Å². The fraction of sp³-hybridized carbons (Fsp3) is 0.286. The summed E-state index contributed by atoms with van der Waals surface area (Å²) >= 11 is 0. The van der Waals surface area contributed by atoms with Gasteiger partial charge in [-0.15, -0.1) is 0 Å². The Kier molecular flexibility index (Phi) is 2.15. The lowest BCUT2D eigenvalue weighted by atomic mass is 10.4. The van der Waals surface area contributed by atoms with Crippen LogP contribution in [0.3, 0.4) is 0 Å². The molecule has 0 saturated heterocycles. The third kappa shape index (κ3) is 1.33. The predicted molar refractivity (Wildman–Crippen MR) is 53.7 cm³/mol. The van der Waals surface area contributed by atoms with Gasteiger partial charge in [0.2, 0.25) is 5.95 Å². The molecule has 0 saturated carbocycles. The number of nitrogens with one attached hydrogen (secondary N) is 3. The van der Waals surface area contributed by atoms with E-state index >= 15 is 0 Å². The summed E-state index contributed by atoms with van der Waals surface area (Å²) in [6, 6.07) is 0. The number of fused-ring (bicyclic) bond motifs is 1. The minimum Gasteiger partial charge on any atom is -0.370 e. The van der Waals surface area contributed by atoms with Gasteiger partial charge in [-0.25, -0.2) is 5.84 Å². The Morgan fingerprint density at radius 2 is 2.36 bits per heavy atom. The molecule has 5 N–H and O–H groups in total. The molecule has 7 nitrogen and oxygen atoms in total. The van der Waals surface area contributed by atoms with Crippen molar-refractivity contribution < 1.29 is 0 Å². The average molecular weight is 193 g/mol. The number of rotatable bonds is 3. The number of nitrogens with zero attached hydrogens (tertiary/aromatic N) is 3. The molecule has 0 aliphatic rings. The lowest BCUT2D eigenvalue weighted by Crippen LogP contribution is -2.12. The Bertz CT molecular complexity index is 435. The van der Waals surface area contributed by atoms with Gasteiger partial charge in [-0.3, -0.25) is 10.5 Å². The standard InChI is InChI=1S/C7H11N7/c1-2-9-5-4-3-10-14-6(4)12-7(11-5)13-8/h3H,2,8H2,1H3,(H3,9,10,11,12,13,14). The highest BCUT2D eigenvalue weighted by molar-refractivity contribution is 5.86. The second kappa shape index (κ2) is 3.46. The lowest BCUT2D eigenvalue weighted by Gasteiger charge is -2.05. The van der Waals surface area contributed by atoms with Crippen molar-refractivity contribution in [3.8, 4) is 0 Å². The maximum Gasteiger partial charge on any atom is 0.241 e. The Balaban J connectivity index is 2.58. The maximum absolute atomic E-state index is 5.24. The summed E-state index contributed by atoms with van der Waals surface area (Å²) in [6.07, 6.45) is 1.67. The normalized spacial score (nSPS) is 10.4. The van der Waals surface area contributed by atoms with Crippen molar-refractivity contribution >= 4 is 22.8 Å². The van der Waals surface area contributed by atoms with Crippen LogP contribution in [0.1, 0.15) is 6.92 Å². The fourth-order valence-corrected chi connectivity index (χ4v) is 1.20. The third-order valence-electron chi connectivity index (χ3n) is 1.78. The quantitative estimate of drug-likeness (QED) is 0.406. The van der Waals surface area contributed by atoms with Crippen LogP contribution in [0.4, 0.5) is 11.8 Å². The van der Waals surface area contributed by atoms with Gasteiger partial charge < -0.3 is 5.32 Å². The molecule has 7 heteroatoms. The topological polar surface area (TPSA) is 105 Å². The van der Waals surface area contributed by atoms with E-state index in [1.807, 2.05) is 6.92 Å². The van der Waals surface area contributed by atoms with Crippen molar-refractivity contribution in [2.45, 2.75) is 6.92 Å². The van der Waals surface area contributed by atoms with Crippen LogP contribution >= 0.6 is 0 Å². The van der Waals surface area contributed by atoms with Gasteiger partial charge in [0, 0.05) is 6.54 Å². The molecule has 0 spiro atoms. The van der Waals surface area contributed by atoms with Gasteiger partial charge in [0.1, 0.15) is 5.82 Å². The van der Waals surface area contributed by atoms with Crippen LogP contribution < -0.4 is 16.6 Å². The van der Waals surface area contributed by atoms with Crippen LogP contribution in [0.25, 0.3) is 11.0 Å². The number of hydrogen-bond acceptors (Lipinski definition) is 6. The van der Waals surface area contributed by atoms with Gasteiger partial charge in [0.15, 0.2) is 5.65 Å². The number of nitrogen functional groups attached to an aromatic ring is 1.